The second kappa shape index (κ2) is 8.48. The van der Waals surface area contributed by atoms with Crippen molar-refractivity contribution in [3.05, 3.63) is 52.8 Å². The molecule has 2 aromatic heterocycles. The molecule has 0 saturated carbocycles. The van der Waals surface area contributed by atoms with Crippen LogP contribution in [0.25, 0.3) is 10.9 Å². The molecule has 156 valence electrons. The minimum Gasteiger partial charge on any atom is -0.360 e. The Kier molecular flexibility index (Phi) is 5.60. The maximum Gasteiger partial charge on any atom is 0.261 e. The summed E-state index contributed by atoms with van der Waals surface area (Å²) >= 11 is 0. The molecule has 1 aliphatic heterocycles. The van der Waals surface area contributed by atoms with Gasteiger partial charge in [0.15, 0.2) is 5.82 Å². The van der Waals surface area contributed by atoms with Crippen LogP contribution in [0.15, 0.2) is 46.0 Å². The summed E-state index contributed by atoms with van der Waals surface area (Å²) in [4.78, 5) is 43.5. The average Bonchev–Trinajstić information content (AvgIpc) is 3.18. The van der Waals surface area contributed by atoms with Gasteiger partial charge in [0.05, 0.1) is 17.2 Å². The lowest BCUT2D eigenvalue weighted by molar-refractivity contribution is -0.134. The van der Waals surface area contributed by atoms with Gasteiger partial charge in [-0.15, -0.1) is 0 Å². The zero-order chi connectivity index (χ0) is 21.1. The largest absolute Gasteiger partial charge is 0.360 e. The third-order valence-electron chi connectivity index (χ3n) is 5.40. The van der Waals surface area contributed by atoms with Crippen LogP contribution in [-0.4, -0.2) is 44.5 Å². The first-order valence-corrected chi connectivity index (χ1v) is 9.97. The summed E-state index contributed by atoms with van der Waals surface area (Å²) in [6.07, 6.45) is 2.88. The minimum atomic E-state index is -0.168. The Morgan fingerprint density at radius 3 is 2.73 bits per heavy atom. The lowest BCUT2D eigenvalue weighted by Gasteiger charge is -2.31. The molecular formula is C21H23N5O4. The Bertz CT molecular complexity index is 1130. The second-order valence-electron chi connectivity index (χ2n) is 7.48. The van der Waals surface area contributed by atoms with Crippen LogP contribution >= 0.6 is 0 Å². The first-order chi connectivity index (χ1) is 14.5. The molecule has 0 radical (unpaired) electrons. The molecule has 9 nitrogen and oxygen atoms in total. The third kappa shape index (κ3) is 4.24. The summed E-state index contributed by atoms with van der Waals surface area (Å²) in [5, 5.41) is 7.06. The van der Waals surface area contributed by atoms with Gasteiger partial charge in [0.1, 0.15) is 5.76 Å². The van der Waals surface area contributed by atoms with Crippen LogP contribution in [0, 0.1) is 12.8 Å². The van der Waals surface area contributed by atoms with Crippen LogP contribution in [0.5, 0.6) is 0 Å². The highest BCUT2D eigenvalue weighted by Crippen LogP contribution is 2.20. The summed E-state index contributed by atoms with van der Waals surface area (Å²) in [5.41, 5.74) is 0.498. The molecule has 9 heteroatoms. The first-order valence-electron chi connectivity index (χ1n) is 9.97. The number of hydrogen-bond acceptors (Lipinski definition) is 6. The number of amides is 2. The number of likely N-dealkylation sites (tertiary alicyclic amines) is 1. The lowest BCUT2D eigenvalue weighted by atomic mass is 9.95. The van der Waals surface area contributed by atoms with E-state index in [0.717, 1.165) is 0 Å². The van der Waals surface area contributed by atoms with Crippen LogP contribution < -0.4 is 10.9 Å². The molecule has 1 N–H and O–H groups in total. The molecule has 30 heavy (non-hydrogen) atoms. The quantitative estimate of drug-likeness (QED) is 0.690. The van der Waals surface area contributed by atoms with E-state index < -0.39 is 0 Å². The van der Waals surface area contributed by atoms with Crippen molar-refractivity contribution in [1.29, 1.82) is 0 Å². The van der Waals surface area contributed by atoms with Gasteiger partial charge in [0.25, 0.3) is 5.56 Å². The molecule has 0 bridgehead atoms. The summed E-state index contributed by atoms with van der Waals surface area (Å²) < 4.78 is 6.42. The predicted molar refractivity (Wildman–Crippen MR) is 110 cm³/mol. The fraction of sp³-hybridized carbons (Fsp3) is 0.381. The van der Waals surface area contributed by atoms with Crippen molar-refractivity contribution in [2.75, 3.05) is 18.4 Å². The number of hydrogen-bond donors (Lipinski definition) is 1. The van der Waals surface area contributed by atoms with Crippen LogP contribution in [0.1, 0.15) is 25.0 Å². The number of para-hydroxylation sites is 1. The topological polar surface area (TPSA) is 110 Å². The van der Waals surface area contributed by atoms with Crippen LogP contribution in [0.4, 0.5) is 5.82 Å². The number of nitrogens with one attached hydrogen (secondary N) is 1. The number of fused-ring (bicyclic) bond motifs is 1. The van der Waals surface area contributed by atoms with E-state index in [9.17, 15) is 14.4 Å². The average molecular weight is 409 g/mol. The summed E-state index contributed by atoms with van der Waals surface area (Å²) in [6, 6.07) is 8.82. The number of nitrogens with zero attached hydrogens (tertiary/aromatic N) is 4. The predicted octanol–water partition coefficient (Wildman–Crippen LogP) is 1.96. The number of aryl methyl sites for hydroxylation is 2. The van der Waals surface area contributed by atoms with Crippen molar-refractivity contribution < 1.29 is 14.1 Å². The number of benzene rings is 1. The Balaban J connectivity index is 1.29. The van der Waals surface area contributed by atoms with Gasteiger partial charge in [0.2, 0.25) is 11.8 Å². The Hall–Kier alpha value is -3.49. The lowest BCUT2D eigenvalue weighted by Crippen LogP contribution is -2.42. The van der Waals surface area contributed by atoms with Crippen LogP contribution in [0.2, 0.25) is 0 Å². The van der Waals surface area contributed by atoms with Gasteiger partial charge in [-0.05, 0) is 31.9 Å². The number of anilines is 1. The molecule has 1 aromatic carbocycles. The molecule has 0 unspecified atom stereocenters. The maximum atomic E-state index is 12.6. The van der Waals surface area contributed by atoms with Crippen molar-refractivity contribution in [2.24, 2.45) is 5.92 Å². The molecule has 1 aliphatic rings. The molecule has 0 aliphatic carbocycles. The van der Waals surface area contributed by atoms with Crippen LogP contribution in [0.3, 0.4) is 0 Å². The normalized spacial score (nSPS) is 14.8. The molecule has 3 heterocycles. The second-order valence-corrected chi connectivity index (χ2v) is 7.48. The summed E-state index contributed by atoms with van der Waals surface area (Å²) in [5.74, 6) is 0.737. The van der Waals surface area contributed by atoms with Crippen molar-refractivity contribution in [1.82, 2.24) is 19.6 Å². The first kappa shape index (κ1) is 19.8. The van der Waals surface area contributed by atoms with E-state index in [0.29, 0.717) is 48.4 Å². The van der Waals surface area contributed by atoms with E-state index in [1.165, 1.54) is 10.9 Å². The monoisotopic (exact) mass is 409 g/mol. The maximum absolute atomic E-state index is 12.6. The van der Waals surface area contributed by atoms with Gasteiger partial charge in [0, 0.05) is 38.0 Å². The molecule has 1 saturated heterocycles. The number of aromatic nitrogens is 3. The minimum absolute atomic E-state index is 0.0268. The van der Waals surface area contributed by atoms with Gasteiger partial charge >= 0.3 is 0 Å². The Morgan fingerprint density at radius 1 is 1.23 bits per heavy atom. The van der Waals surface area contributed by atoms with Crippen molar-refractivity contribution in [3.63, 3.8) is 0 Å². The molecule has 1 fully saturated rings. The summed E-state index contributed by atoms with van der Waals surface area (Å²) in [6.45, 7) is 3.06. The van der Waals surface area contributed by atoms with Crippen LogP contribution in [-0.2, 0) is 16.1 Å². The molecule has 0 atom stereocenters. The van der Waals surface area contributed by atoms with Gasteiger partial charge in [-0.1, -0.05) is 17.3 Å². The fourth-order valence-corrected chi connectivity index (χ4v) is 3.68. The summed E-state index contributed by atoms with van der Waals surface area (Å²) in [7, 11) is 0. The van der Waals surface area contributed by atoms with E-state index in [-0.39, 0.29) is 36.3 Å². The van der Waals surface area contributed by atoms with Crippen molar-refractivity contribution in [3.8, 4) is 0 Å². The van der Waals surface area contributed by atoms with E-state index in [2.05, 4.69) is 15.5 Å². The SMILES string of the molecule is Cc1cc(NC(=O)C2CCN(C(=O)CCn3cnc4ccccc4c3=O)CC2)no1. The zero-order valence-electron chi connectivity index (χ0n) is 16.7. The van der Waals surface area contributed by atoms with E-state index in [1.807, 2.05) is 6.07 Å². The highest BCUT2D eigenvalue weighted by Gasteiger charge is 2.27. The molecular weight excluding hydrogens is 386 g/mol. The van der Waals surface area contributed by atoms with Crippen molar-refractivity contribution in [2.45, 2.75) is 32.7 Å². The van der Waals surface area contributed by atoms with Gasteiger partial charge in [-0.2, -0.15) is 0 Å². The van der Waals surface area contributed by atoms with Gasteiger partial charge in [-0.25, -0.2) is 4.98 Å². The molecule has 4 rings (SSSR count). The molecule has 3 aromatic rings. The number of rotatable bonds is 5. The highest BCUT2D eigenvalue weighted by atomic mass is 16.5. The van der Waals surface area contributed by atoms with Gasteiger partial charge < -0.3 is 14.7 Å². The van der Waals surface area contributed by atoms with E-state index in [4.69, 9.17) is 4.52 Å². The standard InChI is InChI=1S/C21H23N5O4/c1-14-12-18(24-30-14)23-20(28)15-6-9-25(10-7-15)19(27)8-11-26-13-22-17-5-3-2-4-16(17)21(26)29/h2-5,12-13,15H,6-11H2,1H3,(H,23,24,28). The smallest absolute Gasteiger partial charge is 0.261 e. The van der Waals surface area contributed by atoms with Gasteiger partial charge in [-0.3, -0.25) is 19.0 Å². The zero-order valence-corrected chi connectivity index (χ0v) is 16.7. The number of carbonyl (C=O) groups is 2. The molecule has 2 amide bonds. The Labute approximate surface area is 172 Å². The number of piperidine rings is 1. The van der Waals surface area contributed by atoms with Crippen molar-refractivity contribution >= 4 is 28.5 Å². The van der Waals surface area contributed by atoms with E-state index in [1.54, 1.807) is 36.1 Å². The van der Waals surface area contributed by atoms with E-state index >= 15 is 0 Å². The molecule has 0 spiro atoms. The third-order valence-corrected chi connectivity index (χ3v) is 5.40. The number of carbonyl (C=O) groups excluding carboxylic acids is 2. The Morgan fingerprint density at radius 2 is 2.00 bits per heavy atom. The fourth-order valence-electron chi connectivity index (χ4n) is 3.68. The highest BCUT2D eigenvalue weighted by molar-refractivity contribution is 5.91.